The van der Waals surface area contributed by atoms with E-state index >= 15 is 0 Å². The summed E-state index contributed by atoms with van der Waals surface area (Å²) in [4.78, 5) is 2.06. The smallest absolute Gasteiger partial charge is 0.137 e. The van der Waals surface area contributed by atoms with Gasteiger partial charge in [0.2, 0.25) is 0 Å². The monoisotopic (exact) mass is 310 g/mol. The number of thiol groups is 1. The lowest BCUT2D eigenvalue weighted by Crippen LogP contribution is -2.26. The number of nitrogens with one attached hydrogen (secondary N) is 1. The van der Waals surface area contributed by atoms with Crippen molar-refractivity contribution in [2.75, 3.05) is 24.5 Å². The lowest BCUT2D eigenvalue weighted by Gasteiger charge is -2.22. The maximum Gasteiger partial charge on any atom is 0.137 e. The molecule has 0 unspecified atom stereocenters. The summed E-state index contributed by atoms with van der Waals surface area (Å²) < 4.78 is 0.643. The van der Waals surface area contributed by atoms with Gasteiger partial charge in [0, 0.05) is 12.2 Å². The van der Waals surface area contributed by atoms with Gasteiger partial charge >= 0.3 is 0 Å². The summed E-state index contributed by atoms with van der Waals surface area (Å²) >= 11 is 9.34. The number of piperidine rings is 1. The van der Waals surface area contributed by atoms with E-state index in [2.05, 4.69) is 41.9 Å². The Labute approximate surface area is 134 Å². The van der Waals surface area contributed by atoms with Crippen molar-refractivity contribution in [2.24, 2.45) is 0 Å². The van der Waals surface area contributed by atoms with Gasteiger partial charge in [-0.1, -0.05) is 50.2 Å². The van der Waals surface area contributed by atoms with Crippen LogP contribution in [0.15, 0.2) is 30.3 Å². The standard InChI is InChI=1S/C11H15NS2.C5H11N/c1-2-3-9-12(11(13)14)10-7-5-4-6-8-10;1-2-4-6-5-3-1/h4-8H,2-3,9H2,1H3,(H,13,14);6H,1-5H2. The molecule has 0 amide bonds. The number of hydrogen-bond acceptors (Lipinski definition) is 2. The number of rotatable bonds is 4. The van der Waals surface area contributed by atoms with Crippen molar-refractivity contribution in [1.29, 1.82) is 0 Å². The minimum absolute atomic E-state index is 0.643. The minimum atomic E-state index is 0.643. The summed E-state index contributed by atoms with van der Waals surface area (Å²) in [6, 6.07) is 10.1. The summed E-state index contributed by atoms with van der Waals surface area (Å²) in [6.07, 6.45) is 6.52. The fraction of sp³-hybridized carbons (Fsp3) is 0.562. The van der Waals surface area contributed by atoms with Crippen LogP contribution >= 0.6 is 24.8 Å². The van der Waals surface area contributed by atoms with Gasteiger partial charge in [-0.3, -0.25) is 0 Å². The van der Waals surface area contributed by atoms with E-state index in [1.54, 1.807) is 0 Å². The fourth-order valence-corrected chi connectivity index (χ4v) is 2.47. The first kappa shape index (κ1) is 17.5. The molecule has 0 saturated carbocycles. The van der Waals surface area contributed by atoms with Crippen LogP contribution in [0.5, 0.6) is 0 Å². The van der Waals surface area contributed by atoms with Crippen molar-refractivity contribution >= 4 is 34.9 Å². The predicted octanol–water partition coefficient (Wildman–Crippen LogP) is 4.27. The molecule has 1 aliphatic rings. The van der Waals surface area contributed by atoms with Gasteiger partial charge in [-0.05, 0) is 44.5 Å². The molecule has 1 fully saturated rings. The van der Waals surface area contributed by atoms with Crippen LogP contribution in [0.3, 0.4) is 0 Å². The molecule has 2 nitrogen and oxygen atoms in total. The quantitative estimate of drug-likeness (QED) is 0.638. The number of para-hydroxylation sites is 1. The average Bonchev–Trinajstić information content (AvgIpc) is 2.51. The second-order valence-corrected chi connectivity index (χ2v) is 6.05. The van der Waals surface area contributed by atoms with E-state index in [-0.39, 0.29) is 0 Å². The van der Waals surface area contributed by atoms with Crippen LogP contribution in [-0.4, -0.2) is 24.0 Å². The van der Waals surface area contributed by atoms with Crippen molar-refractivity contribution in [2.45, 2.75) is 39.0 Å². The Morgan fingerprint density at radius 2 is 1.85 bits per heavy atom. The first-order chi connectivity index (χ1) is 9.75. The molecule has 2 rings (SSSR count). The molecule has 20 heavy (non-hydrogen) atoms. The van der Waals surface area contributed by atoms with Crippen molar-refractivity contribution < 1.29 is 0 Å². The third kappa shape index (κ3) is 7.27. The van der Waals surface area contributed by atoms with E-state index in [4.69, 9.17) is 12.2 Å². The number of nitrogens with zero attached hydrogens (tertiary/aromatic N) is 1. The third-order valence-electron chi connectivity index (χ3n) is 3.24. The van der Waals surface area contributed by atoms with E-state index in [9.17, 15) is 0 Å². The van der Waals surface area contributed by atoms with Crippen LogP contribution < -0.4 is 10.2 Å². The highest BCUT2D eigenvalue weighted by molar-refractivity contribution is 8.11. The highest BCUT2D eigenvalue weighted by Crippen LogP contribution is 2.16. The Bertz CT molecular complexity index is 352. The summed E-state index contributed by atoms with van der Waals surface area (Å²) in [5, 5.41) is 3.28. The second kappa shape index (κ2) is 11.1. The molecule has 0 atom stereocenters. The van der Waals surface area contributed by atoms with Crippen molar-refractivity contribution in [3.63, 3.8) is 0 Å². The molecule has 0 aromatic heterocycles. The number of thiocarbonyl (C=S) groups is 1. The van der Waals surface area contributed by atoms with Crippen molar-refractivity contribution in [3.05, 3.63) is 30.3 Å². The van der Waals surface area contributed by atoms with E-state index in [1.165, 1.54) is 38.8 Å². The lowest BCUT2D eigenvalue weighted by molar-refractivity contribution is 0.520. The summed E-state index contributed by atoms with van der Waals surface area (Å²) in [6.45, 7) is 5.62. The zero-order valence-electron chi connectivity index (χ0n) is 12.3. The number of unbranched alkanes of at least 4 members (excludes halogenated alkanes) is 1. The molecule has 1 aromatic carbocycles. The van der Waals surface area contributed by atoms with Gasteiger partial charge in [0.25, 0.3) is 0 Å². The van der Waals surface area contributed by atoms with Gasteiger partial charge in [-0.2, -0.15) is 0 Å². The molecule has 0 aliphatic carbocycles. The maximum atomic E-state index is 5.10. The van der Waals surface area contributed by atoms with Gasteiger partial charge in [0.15, 0.2) is 0 Å². The van der Waals surface area contributed by atoms with Crippen LogP contribution in [0.2, 0.25) is 0 Å². The Balaban J connectivity index is 0.000000276. The zero-order chi connectivity index (χ0) is 14.6. The molecule has 0 radical (unpaired) electrons. The molecule has 1 saturated heterocycles. The molecule has 1 aliphatic heterocycles. The molecule has 1 heterocycles. The first-order valence-electron chi connectivity index (χ1n) is 7.52. The summed E-state index contributed by atoms with van der Waals surface area (Å²) in [5.74, 6) is 0. The van der Waals surface area contributed by atoms with E-state index in [0.717, 1.165) is 18.7 Å². The highest BCUT2D eigenvalue weighted by atomic mass is 32.1. The SMILES string of the molecule is C1CCNCC1.CCCCN(C(=S)S)c1ccccc1. The molecular weight excluding hydrogens is 284 g/mol. The topological polar surface area (TPSA) is 15.3 Å². The molecule has 4 heteroatoms. The van der Waals surface area contributed by atoms with Crippen molar-refractivity contribution in [3.8, 4) is 0 Å². The van der Waals surface area contributed by atoms with E-state index in [1.807, 2.05) is 18.2 Å². The highest BCUT2D eigenvalue weighted by Gasteiger charge is 2.06. The molecular formula is C16H26N2S2. The molecule has 112 valence electrons. The van der Waals surface area contributed by atoms with Gasteiger partial charge in [0.05, 0.1) is 0 Å². The molecule has 0 spiro atoms. The molecule has 1 aromatic rings. The Kier molecular flexibility index (Phi) is 9.71. The second-order valence-electron chi connectivity index (χ2n) is 4.93. The van der Waals surface area contributed by atoms with Gasteiger partial charge < -0.3 is 10.2 Å². The summed E-state index contributed by atoms with van der Waals surface area (Å²) in [5.41, 5.74) is 1.13. The van der Waals surface area contributed by atoms with Gasteiger partial charge in [0.1, 0.15) is 4.32 Å². The minimum Gasteiger partial charge on any atom is -0.328 e. The Morgan fingerprint density at radius 1 is 1.20 bits per heavy atom. The van der Waals surface area contributed by atoms with Crippen LogP contribution in [0.4, 0.5) is 5.69 Å². The third-order valence-corrected chi connectivity index (χ3v) is 3.70. The Morgan fingerprint density at radius 3 is 2.25 bits per heavy atom. The van der Waals surface area contributed by atoms with Crippen LogP contribution in [-0.2, 0) is 0 Å². The normalized spacial score (nSPS) is 14.1. The van der Waals surface area contributed by atoms with E-state index < -0.39 is 0 Å². The Hall–Kier alpha value is -0.580. The summed E-state index contributed by atoms with van der Waals surface area (Å²) in [7, 11) is 0. The maximum absolute atomic E-state index is 5.10. The van der Waals surface area contributed by atoms with Crippen LogP contribution in [0.1, 0.15) is 39.0 Å². The van der Waals surface area contributed by atoms with Gasteiger partial charge in [-0.15, -0.1) is 12.6 Å². The van der Waals surface area contributed by atoms with Crippen LogP contribution in [0, 0.1) is 0 Å². The lowest BCUT2D eigenvalue weighted by atomic mass is 10.2. The van der Waals surface area contributed by atoms with Gasteiger partial charge in [-0.25, -0.2) is 0 Å². The number of anilines is 1. The van der Waals surface area contributed by atoms with Crippen molar-refractivity contribution in [1.82, 2.24) is 5.32 Å². The zero-order valence-corrected chi connectivity index (χ0v) is 14.1. The fourth-order valence-electron chi connectivity index (χ4n) is 2.06. The largest absolute Gasteiger partial charge is 0.328 e. The average molecular weight is 311 g/mol. The van der Waals surface area contributed by atoms with Crippen LogP contribution in [0.25, 0.3) is 0 Å². The number of hydrogen-bond donors (Lipinski definition) is 2. The predicted molar refractivity (Wildman–Crippen MR) is 97.0 cm³/mol. The molecule has 1 N–H and O–H groups in total. The first-order valence-corrected chi connectivity index (χ1v) is 8.37. The number of benzene rings is 1. The van der Waals surface area contributed by atoms with E-state index in [0.29, 0.717) is 4.32 Å². The molecule has 0 bridgehead atoms.